The molecule has 0 aliphatic carbocycles. The molecule has 116 valence electrons. The van der Waals surface area contributed by atoms with Gasteiger partial charge in [-0.2, -0.15) is 0 Å². The third-order valence-corrected chi connectivity index (χ3v) is 5.55. The number of aliphatic carboxylic acids is 1. The SMILES string of the molecule is CC(C)C(C(=O)O)C1C(=O)/C(=C/c2ccc(Br)cc2)SC1=S. The summed E-state index contributed by atoms with van der Waals surface area (Å²) in [6.45, 7) is 3.60. The smallest absolute Gasteiger partial charge is 0.307 e. The summed E-state index contributed by atoms with van der Waals surface area (Å²) >= 11 is 9.85. The van der Waals surface area contributed by atoms with Gasteiger partial charge < -0.3 is 5.11 Å². The van der Waals surface area contributed by atoms with E-state index in [1.165, 1.54) is 11.8 Å². The summed E-state index contributed by atoms with van der Waals surface area (Å²) < 4.78 is 1.41. The summed E-state index contributed by atoms with van der Waals surface area (Å²) in [6, 6.07) is 7.55. The van der Waals surface area contributed by atoms with Crippen molar-refractivity contribution in [3.63, 3.8) is 0 Å². The number of benzene rings is 1. The van der Waals surface area contributed by atoms with Crippen LogP contribution in [0.2, 0.25) is 0 Å². The van der Waals surface area contributed by atoms with Crippen molar-refractivity contribution in [3.05, 3.63) is 39.2 Å². The molecule has 22 heavy (non-hydrogen) atoms. The fraction of sp³-hybridized carbons (Fsp3) is 0.312. The lowest BCUT2D eigenvalue weighted by Gasteiger charge is -2.20. The van der Waals surface area contributed by atoms with Crippen molar-refractivity contribution < 1.29 is 14.7 Å². The molecule has 1 fully saturated rings. The van der Waals surface area contributed by atoms with E-state index >= 15 is 0 Å². The molecule has 6 heteroatoms. The Bertz CT molecular complexity index is 650. The fourth-order valence-electron chi connectivity index (χ4n) is 2.42. The maximum atomic E-state index is 12.6. The van der Waals surface area contributed by atoms with Crippen LogP contribution in [0.15, 0.2) is 33.6 Å². The highest BCUT2D eigenvalue weighted by Gasteiger charge is 2.44. The Labute approximate surface area is 147 Å². The zero-order valence-corrected chi connectivity index (χ0v) is 15.3. The number of hydrogen-bond acceptors (Lipinski definition) is 4. The highest BCUT2D eigenvalue weighted by molar-refractivity contribution is 9.10. The summed E-state index contributed by atoms with van der Waals surface area (Å²) in [5.41, 5.74) is 0.888. The minimum Gasteiger partial charge on any atom is -0.481 e. The summed E-state index contributed by atoms with van der Waals surface area (Å²) in [6.07, 6.45) is 1.77. The highest BCUT2D eigenvalue weighted by Crippen LogP contribution is 2.41. The molecule has 0 saturated carbocycles. The molecular formula is C16H15BrO3S2. The van der Waals surface area contributed by atoms with E-state index in [1.54, 1.807) is 19.9 Å². The van der Waals surface area contributed by atoms with Crippen LogP contribution in [0.1, 0.15) is 19.4 Å². The number of halogens is 1. The van der Waals surface area contributed by atoms with Gasteiger partial charge in [0.15, 0.2) is 5.78 Å². The first kappa shape index (κ1) is 17.4. The van der Waals surface area contributed by atoms with Crippen LogP contribution in [0.5, 0.6) is 0 Å². The number of carboxylic acids is 1. The van der Waals surface area contributed by atoms with E-state index in [1.807, 2.05) is 24.3 Å². The zero-order valence-electron chi connectivity index (χ0n) is 12.1. The zero-order chi connectivity index (χ0) is 16.4. The van der Waals surface area contributed by atoms with Gasteiger partial charge in [0.2, 0.25) is 0 Å². The fourth-order valence-corrected chi connectivity index (χ4v) is 4.22. The van der Waals surface area contributed by atoms with Crippen molar-refractivity contribution in [1.82, 2.24) is 0 Å². The molecule has 1 aliphatic rings. The van der Waals surface area contributed by atoms with Gasteiger partial charge in [0, 0.05) is 4.47 Å². The lowest BCUT2D eigenvalue weighted by molar-refractivity contribution is -0.146. The van der Waals surface area contributed by atoms with Gasteiger partial charge in [-0.15, -0.1) is 0 Å². The Hall–Kier alpha value is -0.980. The van der Waals surface area contributed by atoms with E-state index in [0.717, 1.165) is 10.0 Å². The first-order valence-electron chi connectivity index (χ1n) is 6.77. The van der Waals surface area contributed by atoms with E-state index in [9.17, 15) is 14.7 Å². The van der Waals surface area contributed by atoms with Crippen LogP contribution in [-0.2, 0) is 9.59 Å². The first-order chi connectivity index (χ1) is 10.3. The third kappa shape index (κ3) is 3.67. The van der Waals surface area contributed by atoms with Gasteiger partial charge in [0.25, 0.3) is 0 Å². The number of Topliss-reactive ketones (excluding diaryl/α,β-unsaturated/α-hetero) is 1. The van der Waals surface area contributed by atoms with Crippen LogP contribution in [0.25, 0.3) is 6.08 Å². The van der Waals surface area contributed by atoms with Gasteiger partial charge >= 0.3 is 5.97 Å². The second-order valence-electron chi connectivity index (χ2n) is 5.43. The van der Waals surface area contributed by atoms with Gasteiger partial charge in [-0.1, -0.05) is 65.9 Å². The normalized spacial score (nSPS) is 21.6. The Morgan fingerprint density at radius 1 is 1.36 bits per heavy atom. The number of thioether (sulfide) groups is 1. The van der Waals surface area contributed by atoms with Crippen molar-refractivity contribution in [3.8, 4) is 0 Å². The van der Waals surface area contributed by atoms with E-state index in [2.05, 4.69) is 15.9 Å². The number of ketones is 1. The van der Waals surface area contributed by atoms with E-state index < -0.39 is 17.8 Å². The van der Waals surface area contributed by atoms with Crippen LogP contribution < -0.4 is 0 Å². The van der Waals surface area contributed by atoms with Crippen molar-refractivity contribution in [2.24, 2.45) is 17.8 Å². The minimum absolute atomic E-state index is 0.156. The highest BCUT2D eigenvalue weighted by atomic mass is 79.9. The van der Waals surface area contributed by atoms with Crippen molar-refractivity contribution in [2.45, 2.75) is 13.8 Å². The standard InChI is InChI=1S/C16H15BrO3S2/c1-8(2)12(15(19)20)13-14(18)11(22-16(13)21)7-9-3-5-10(17)6-4-9/h3-8,12-13H,1-2H3,(H,19,20)/b11-7-. The quantitative estimate of drug-likeness (QED) is 0.601. The van der Waals surface area contributed by atoms with Crippen LogP contribution in [0, 0.1) is 17.8 Å². The molecule has 1 saturated heterocycles. The van der Waals surface area contributed by atoms with Crippen LogP contribution >= 0.6 is 39.9 Å². The number of carbonyl (C=O) groups excluding carboxylic acids is 1. The largest absolute Gasteiger partial charge is 0.481 e. The van der Waals surface area contributed by atoms with Gasteiger partial charge in [0.1, 0.15) is 0 Å². The minimum atomic E-state index is -0.971. The summed E-state index contributed by atoms with van der Waals surface area (Å²) in [4.78, 5) is 24.6. The van der Waals surface area contributed by atoms with Crippen LogP contribution in [-0.4, -0.2) is 21.1 Å². The van der Waals surface area contributed by atoms with Crippen molar-refractivity contribution in [1.29, 1.82) is 0 Å². The maximum Gasteiger partial charge on any atom is 0.307 e. The third-order valence-electron chi connectivity index (χ3n) is 3.52. The Morgan fingerprint density at radius 3 is 2.45 bits per heavy atom. The monoisotopic (exact) mass is 398 g/mol. The maximum absolute atomic E-state index is 12.6. The van der Waals surface area contributed by atoms with Crippen LogP contribution in [0.3, 0.4) is 0 Å². The van der Waals surface area contributed by atoms with Crippen molar-refractivity contribution in [2.75, 3.05) is 0 Å². The molecule has 1 aromatic rings. The van der Waals surface area contributed by atoms with Gasteiger partial charge in [-0.3, -0.25) is 9.59 Å². The number of rotatable bonds is 4. The first-order valence-corrected chi connectivity index (χ1v) is 8.79. The summed E-state index contributed by atoms with van der Waals surface area (Å²) in [5.74, 6) is -2.81. The predicted molar refractivity (Wildman–Crippen MR) is 96.8 cm³/mol. The Balaban J connectivity index is 2.32. The molecule has 1 aliphatic heterocycles. The average molecular weight is 399 g/mol. The molecule has 2 unspecified atom stereocenters. The Morgan fingerprint density at radius 2 is 1.95 bits per heavy atom. The number of carboxylic acid groups (broad SMARTS) is 1. The second-order valence-corrected chi connectivity index (χ2v) is 8.13. The van der Waals surface area contributed by atoms with Gasteiger partial charge in [-0.25, -0.2) is 0 Å². The molecule has 1 heterocycles. The number of thiocarbonyl (C=S) groups is 1. The lowest BCUT2D eigenvalue weighted by Crippen LogP contribution is -2.34. The average Bonchev–Trinajstić information content (AvgIpc) is 2.69. The Kier molecular flexibility index (Phi) is 5.58. The number of allylic oxidation sites excluding steroid dienone is 1. The van der Waals surface area contributed by atoms with Gasteiger partial charge in [-0.05, 0) is 29.7 Å². The molecule has 3 nitrogen and oxygen atoms in total. The predicted octanol–water partition coefficient (Wildman–Crippen LogP) is 4.41. The van der Waals surface area contributed by atoms with E-state index in [-0.39, 0.29) is 11.7 Å². The summed E-state index contributed by atoms with van der Waals surface area (Å²) in [5, 5.41) is 9.40. The molecule has 2 rings (SSSR count). The number of hydrogen-bond donors (Lipinski definition) is 1. The second kappa shape index (κ2) is 7.06. The van der Waals surface area contributed by atoms with Crippen LogP contribution in [0.4, 0.5) is 0 Å². The van der Waals surface area contributed by atoms with E-state index in [0.29, 0.717) is 9.10 Å². The molecule has 0 aromatic heterocycles. The molecule has 1 N–H and O–H groups in total. The molecule has 0 radical (unpaired) electrons. The molecule has 0 spiro atoms. The van der Waals surface area contributed by atoms with Crippen molar-refractivity contribution >= 4 is 61.9 Å². The lowest BCUT2D eigenvalue weighted by atomic mass is 9.82. The molecule has 0 bridgehead atoms. The number of carbonyl (C=O) groups is 2. The topological polar surface area (TPSA) is 54.4 Å². The van der Waals surface area contributed by atoms with E-state index in [4.69, 9.17) is 12.2 Å². The molecule has 0 amide bonds. The molecule has 1 aromatic carbocycles. The molecular weight excluding hydrogens is 384 g/mol. The summed E-state index contributed by atoms with van der Waals surface area (Å²) in [7, 11) is 0. The molecule has 2 atom stereocenters. The van der Waals surface area contributed by atoms with Gasteiger partial charge in [0.05, 0.1) is 20.9 Å².